The number of nitrogens with one attached hydrogen (secondary N) is 3. The lowest BCUT2D eigenvalue weighted by Gasteiger charge is -2.13. The lowest BCUT2D eigenvalue weighted by molar-refractivity contribution is 0.550. The molecule has 21 heavy (non-hydrogen) atoms. The highest BCUT2D eigenvalue weighted by molar-refractivity contribution is 7.98. The van der Waals surface area contributed by atoms with E-state index in [9.17, 15) is 8.42 Å². The molecule has 0 saturated carbocycles. The molecule has 0 bridgehead atoms. The average Bonchev–Trinajstić information content (AvgIpc) is 2.78. The van der Waals surface area contributed by atoms with Gasteiger partial charge in [0.25, 0.3) is 10.0 Å². The van der Waals surface area contributed by atoms with Crippen molar-refractivity contribution in [2.45, 2.75) is 51.2 Å². The molecule has 0 aromatic carbocycles. The summed E-state index contributed by atoms with van der Waals surface area (Å²) in [5.74, 6) is 0.925. The third-order valence-corrected chi connectivity index (χ3v) is 5.33. The number of sulfonamides is 1. The van der Waals surface area contributed by atoms with E-state index >= 15 is 0 Å². The topological polar surface area (TPSA) is 86.9 Å². The van der Waals surface area contributed by atoms with Crippen molar-refractivity contribution in [1.82, 2.24) is 20.2 Å². The van der Waals surface area contributed by atoms with Crippen molar-refractivity contribution in [3.05, 3.63) is 11.3 Å². The lowest BCUT2D eigenvalue weighted by Crippen LogP contribution is -2.34. The number of rotatable bonds is 10. The quantitative estimate of drug-likeness (QED) is 0.566. The molecule has 0 fully saturated rings. The van der Waals surface area contributed by atoms with Gasteiger partial charge in [0.1, 0.15) is 0 Å². The predicted octanol–water partition coefficient (Wildman–Crippen LogP) is 1.64. The molecule has 3 N–H and O–H groups in total. The van der Waals surface area contributed by atoms with E-state index in [0.717, 1.165) is 30.8 Å². The Balaban J connectivity index is 2.82. The fourth-order valence-electron chi connectivity index (χ4n) is 1.92. The monoisotopic (exact) mass is 334 g/mol. The zero-order chi connectivity index (χ0) is 15.9. The summed E-state index contributed by atoms with van der Waals surface area (Å²) in [5.41, 5.74) is 1.50. The maximum Gasteiger partial charge on any atom is 0.260 e. The summed E-state index contributed by atoms with van der Waals surface area (Å²) in [6.45, 7) is 7.14. The molecule has 0 amide bonds. The molecule has 0 radical (unpaired) electrons. The second-order valence-electron chi connectivity index (χ2n) is 5.11. The predicted molar refractivity (Wildman–Crippen MR) is 88.1 cm³/mol. The van der Waals surface area contributed by atoms with Crippen molar-refractivity contribution >= 4 is 21.8 Å². The number of aryl methyl sites for hydroxylation is 1. The summed E-state index contributed by atoms with van der Waals surface area (Å²) in [7, 11) is -3.58. The van der Waals surface area contributed by atoms with Gasteiger partial charge in [-0.25, -0.2) is 13.1 Å². The summed E-state index contributed by atoms with van der Waals surface area (Å²) in [4.78, 5) is 0. The highest BCUT2D eigenvalue weighted by Gasteiger charge is 2.25. The highest BCUT2D eigenvalue weighted by atomic mass is 32.2. The van der Waals surface area contributed by atoms with Gasteiger partial charge in [0.15, 0.2) is 5.03 Å². The molecule has 1 heterocycles. The van der Waals surface area contributed by atoms with Crippen molar-refractivity contribution in [2.24, 2.45) is 0 Å². The van der Waals surface area contributed by atoms with Gasteiger partial charge in [0.2, 0.25) is 0 Å². The van der Waals surface area contributed by atoms with Gasteiger partial charge in [-0.2, -0.15) is 16.9 Å². The van der Waals surface area contributed by atoms with Crippen LogP contribution in [-0.2, 0) is 16.6 Å². The highest BCUT2D eigenvalue weighted by Crippen LogP contribution is 2.17. The van der Waals surface area contributed by atoms with Gasteiger partial charge in [-0.15, -0.1) is 0 Å². The first kappa shape index (κ1) is 18.5. The van der Waals surface area contributed by atoms with E-state index in [-0.39, 0.29) is 11.1 Å². The van der Waals surface area contributed by atoms with Crippen LogP contribution in [0.15, 0.2) is 5.03 Å². The zero-order valence-corrected chi connectivity index (χ0v) is 14.8. The molecule has 6 nitrogen and oxygen atoms in total. The third-order valence-electron chi connectivity index (χ3n) is 3.13. The van der Waals surface area contributed by atoms with Crippen LogP contribution in [0.1, 0.15) is 37.9 Å². The number of thioether (sulfide) groups is 1. The van der Waals surface area contributed by atoms with E-state index in [2.05, 4.69) is 27.2 Å². The Bertz CT molecular complexity index is 528. The van der Waals surface area contributed by atoms with Gasteiger partial charge in [-0.3, -0.25) is 5.10 Å². The first-order valence-electron chi connectivity index (χ1n) is 7.18. The maximum atomic E-state index is 12.4. The molecule has 1 rings (SSSR count). The molecular weight excluding hydrogens is 308 g/mol. The molecule has 122 valence electrons. The number of aromatic amines is 1. The fraction of sp³-hybridized carbons (Fsp3) is 0.769. The van der Waals surface area contributed by atoms with Gasteiger partial charge in [-0.1, -0.05) is 6.92 Å². The number of hydrogen-bond donors (Lipinski definition) is 3. The Morgan fingerprint density at radius 1 is 1.43 bits per heavy atom. The normalized spacial score (nSPS) is 13.5. The van der Waals surface area contributed by atoms with Crippen LogP contribution in [0.25, 0.3) is 0 Å². The van der Waals surface area contributed by atoms with Crippen LogP contribution in [0.2, 0.25) is 0 Å². The van der Waals surface area contributed by atoms with Gasteiger partial charge in [0, 0.05) is 23.8 Å². The molecule has 1 aromatic rings. The standard InChI is InChI=1S/C13H26N4O2S2/c1-5-7-14-9-12-11(3)15-16-13(12)21(18,19)17-10(2)6-8-20-4/h10,14,17H,5-9H2,1-4H3,(H,15,16). The number of H-pyrrole nitrogens is 1. The molecule has 1 unspecified atom stereocenters. The second kappa shape index (κ2) is 8.77. The van der Waals surface area contributed by atoms with Gasteiger partial charge in [-0.05, 0) is 45.2 Å². The maximum absolute atomic E-state index is 12.4. The minimum Gasteiger partial charge on any atom is -0.313 e. The van der Waals surface area contributed by atoms with Crippen LogP contribution in [0.3, 0.4) is 0 Å². The van der Waals surface area contributed by atoms with E-state index in [0.29, 0.717) is 12.1 Å². The summed E-state index contributed by atoms with van der Waals surface area (Å²) < 4.78 is 27.6. The Morgan fingerprint density at radius 2 is 2.14 bits per heavy atom. The van der Waals surface area contributed by atoms with Crippen LogP contribution < -0.4 is 10.0 Å². The summed E-state index contributed by atoms with van der Waals surface area (Å²) >= 11 is 1.71. The first-order chi connectivity index (χ1) is 9.92. The molecular formula is C13H26N4O2S2. The molecule has 0 saturated heterocycles. The molecule has 8 heteroatoms. The molecule has 0 spiro atoms. The molecule has 1 atom stereocenters. The number of hydrogen-bond acceptors (Lipinski definition) is 5. The van der Waals surface area contributed by atoms with Crippen LogP contribution in [0.5, 0.6) is 0 Å². The van der Waals surface area contributed by atoms with Crippen LogP contribution in [0, 0.1) is 6.92 Å². The smallest absolute Gasteiger partial charge is 0.260 e. The Labute approximate surface area is 131 Å². The SMILES string of the molecule is CCCNCc1c(S(=O)(=O)NC(C)CCSC)n[nH]c1C. The van der Waals surface area contributed by atoms with E-state index < -0.39 is 10.0 Å². The van der Waals surface area contributed by atoms with Crippen molar-refractivity contribution in [2.75, 3.05) is 18.6 Å². The summed E-state index contributed by atoms with van der Waals surface area (Å²) in [5, 5.41) is 10.1. The van der Waals surface area contributed by atoms with Gasteiger partial charge >= 0.3 is 0 Å². The average molecular weight is 335 g/mol. The van der Waals surface area contributed by atoms with E-state index in [1.54, 1.807) is 11.8 Å². The Morgan fingerprint density at radius 3 is 2.76 bits per heavy atom. The largest absolute Gasteiger partial charge is 0.313 e. The van der Waals surface area contributed by atoms with Crippen molar-refractivity contribution in [3.63, 3.8) is 0 Å². The molecule has 0 aliphatic carbocycles. The van der Waals surface area contributed by atoms with Crippen molar-refractivity contribution < 1.29 is 8.42 Å². The van der Waals surface area contributed by atoms with E-state index in [4.69, 9.17) is 0 Å². The van der Waals surface area contributed by atoms with E-state index in [1.165, 1.54) is 0 Å². The van der Waals surface area contributed by atoms with Gasteiger partial charge < -0.3 is 5.32 Å². The first-order valence-corrected chi connectivity index (χ1v) is 10.1. The molecule has 0 aliphatic heterocycles. The minimum atomic E-state index is -3.58. The van der Waals surface area contributed by atoms with Crippen LogP contribution >= 0.6 is 11.8 Å². The van der Waals surface area contributed by atoms with E-state index in [1.807, 2.05) is 20.1 Å². The second-order valence-corrected chi connectivity index (χ2v) is 7.73. The fourth-order valence-corrected chi connectivity index (χ4v) is 3.99. The van der Waals surface area contributed by atoms with Gasteiger partial charge in [0.05, 0.1) is 0 Å². The molecule has 1 aromatic heterocycles. The van der Waals surface area contributed by atoms with Crippen LogP contribution in [-0.4, -0.2) is 43.2 Å². The van der Waals surface area contributed by atoms with Crippen molar-refractivity contribution in [1.29, 1.82) is 0 Å². The van der Waals surface area contributed by atoms with Crippen molar-refractivity contribution in [3.8, 4) is 0 Å². The summed E-state index contributed by atoms with van der Waals surface area (Å²) in [6.07, 6.45) is 3.81. The Hall–Kier alpha value is -0.570. The molecule has 0 aliphatic rings. The number of nitrogens with zero attached hydrogens (tertiary/aromatic N) is 1. The lowest BCUT2D eigenvalue weighted by atomic mass is 10.2. The minimum absolute atomic E-state index is 0.101. The number of aromatic nitrogens is 2. The van der Waals surface area contributed by atoms with Crippen LogP contribution in [0.4, 0.5) is 0 Å². The Kier molecular flexibility index (Phi) is 7.72. The summed E-state index contributed by atoms with van der Waals surface area (Å²) in [6, 6.07) is -0.101. The third kappa shape index (κ3) is 5.61. The zero-order valence-electron chi connectivity index (χ0n) is 13.2.